The zero-order chi connectivity index (χ0) is 89.6. The molecule has 33 heteroatoms. The zero-order valence-electron chi connectivity index (χ0n) is 71.6. The molecule has 12 aromatic rings. The van der Waals surface area contributed by atoms with E-state index >= 15 is 0 Å². The number of aromatic nitrogens is 12. The lowest BCUT2D eigenvalue weighted by Gasteiger charge is -2.33. The van der Waals surface area contributed by atoms with Crippen LogP contribution in [-0.2, 0) is 20.9 Å². The van der Waals surface area contributed by atoms with Gasteiger partial charge in [0.15, 0.2) is 51.4 Å². The van der Waals surface area contributed by atoms with E-state index in [1.54, 1.807) is 71.1 Å². The van der Waals surface area contributed by atoms with E-state index in [2.05, 4.69) is 44.4 Å². The summed E-state index contributed by atoms with van der Waals surface area (Å²) in [6, 6.07) is 32.6. The minimum Gasteiger partial charge on any atom is -0.493 e. The molecule has 3 aliphatic heterocycles. The molecule has 3 saturated heterocycles. The standard InChI is InChI=1S/C32H34ClN7O3.2C31H30ClN7O3/c1-19-9-11-22(15-23(19)33)43-25-12-10-20(14-26(25)42-6)28-27-29(34)36-18-37-30(27)40(38-28)21-8-7-13-39(17-21)31(41)24(35-5)16-32(2,3)4;1-18-6-10-22(15-23(18)32)42-25-11-9-20(14-26(25)41-3)28-27-29(33)35-17-36-30(27)39(37-28)16-21-5-4-12-38(21)31(40)24(34-2)13-19-7-8-19;1-18-6-10-22(15-23(18)32)42-25-11-9-20(14-26(25)41-3)28-27-29(33)35-17-36-30(27)39(37-28)21-5-4-12-38(16-21)31(40)24(34-2)13-19-7-8-19/h9-12,14-16,18,21H,7-8,13,17H2,1-4,6H3,(H2,34,36,37);2*6,9-11,13-15,17,19,21H,4-5,7-8,12,16H2,1,3H3,(H2,33,35,36)/b24-16-;2*24-13-. The number of piperidine rings is 2. The van der Waals surface area contributed by atoms with Gasteiger partial charge >= 0.3 is 0 Å². The van der Waals surface area contributed by atoms with Gasteiger partial charge in [0.25, 0.3) is 17.7 Å². The Labute approximate surface area is 749 Å². The van der Waals surface area contributed by atoms with Crippen LogP contribution in [0, 0.1) is 57.7 Å². The number of carbonyl (C=O) groups excluding carboxylic acids is 3. The smallest absolute Gasteiger partial charge is 0.252 e. The summed E-state index contributed by atoms with van der Waals surface area (Å²) in [6.45, 7) is 37.4. The minimum atomic E-state index is -0.291. The first-order valence-corrected chi connectivity index (χ1v) is 42.8. The van der Waals surface area contributed by atoms with Crippen LogP contribution in [-0.4, -0.2) is 152 Å². The van der Waals surface area contributed by atoms with Crippen molar-refractivity contribution in [3.63, 3.8) is 0 Å². The van der Waals surface area contributed by atoms with Gasteiger partial charge in [0.2, 0.25) is 17.1 Å². The van der Waals surface area contributed by atoms with E-state index in [9.17, 15) is 14.4 Å². The molecule has 2 aliphatic carbocycles. The van der Waals surface area contributed by atoms with Gasteiger partial charge in [-0.15, -0.1) is 0 Å². The maximum Gasteiger partial charge on any atom is 0.252 e. The van der Waals surface area contributed by atoms with Crippen LogP contribution in [0.3, 0.4) is 0 Å². The number of allylic oxidation sites excluding steroid dienone is 3. The van der Waals surface area contributed by atoms with Crippen LogP contribution in [0.1, 0.15) is 114 Å². The zero-order valence-corrected chi connectivity index (χ0v) is 73.9. The Morgan fingerprint density at radius 2 is 0.827 bits per heavy atom. The normalized spacial score (nSPS) is 16.7. The highest BCUT2D eigenvalue weighted by molar-refractivity contribution is 6.32. The highest BCUT2D eigenvalue weighted by Crippen LogP contribution is 2.46. The molecule has 3 unspecified atom stereocenters. The Morgan fingerprint density at radius 1 is 0.457 bits per heavy atom. The summed E-state index contributed by atoms with van der Waals surface area (Å²) in [7, 11) is 4.72. The third-order valence-corrected chi connectivity index (χ3v) is 23.9. The molecule has 0 bridgehead atoms. The summed E-state index contributed by atoms with van der Waals surface area (Å²) in [6.07, 6.45) is 18.6. The molecular weight excluding hydrogens is 1670 g/mol. The van der Waals surface area contributed by atoms with Crippen LogP contribution >= 0.6 is 34.8 Å². The number of benzene rings is 6. The number of ether oxygens (including phenoxy) is 6. The number of amides is 3. The minimum absolute atomic E-state index is 0.124. The molecule has 2 saturated carbocycles. The van der Waals surface area contributed by atoms with Gasteiger partial charge in [-0.05, 0) is 210 Å². The number of likely N-dealkylation sites (tertiary alicyclic amines) is 3. The molecule has 0 radical (unpaired) electrons. The van der Waals surface area contributed by atoms with Crippen molar-refractivity contribution in [2.24, 2.45) is 17.3 Å². The molecule has 3 amide bonds. The molecular formula is C94H94Cl3N21O9. The van der Waals surface area contributed by atoms with Gasteiger partial charge in [-0.25, -0.2) is 58.5 Å². The van der Waals surface area contributed by atoms with Gasteiger partial charge in [-0.2, -0.15) is 15.3 Å². The van der Waals surface area contributed by atoms with Gasteiger partial charge in [-0.3, -0.25) is 14.4 Å². The molecule has 6 aromatic heterocycles. The molecule has 5 fully saturated rings. The van der Waals surface area contributed by atoms with Crippen LogP contribution in [0.2, 0.25) is 15.1 Å². The predicted molar refractivity (Wildman–Crippen MR) is 487 cm³/mol. The Hall–Kier alpha value is -13.9. The van der Waals surface area contributed by atoms with Crippen molar-refractivity contribution in [2.45, 2.75) is 130 Å². The number of rotatable bonds is 21. The van der Waals surface area contributed by atoms with Crippen molar-refractivity contribution in [3.8, 4) is 85.5 Å². The molecule has 17 rings (SSSR count). The van der Waals surface area contributed by atoms with Gasteiger partial charge in [0.05, 0.1) is 81.9 Å². The number of fused-ring (bicyclic) bond motifs is 3. The average Bonchev–Trinajstić information content (AvgIpc) is 1.49. The summed E-state index contributed by atoms with van der Waals surface area (Å²) in [4.78, 5) is 82.0. The van der Waals surface area contributed by atoms with Crippen molar-refractivity contribution < 1.29 is 42.8 Å². The predicted octanol–water partition coefficient (Wildman–Crippen LogP) is 19.1. The molecule has 5 aliphatic rings. The van der Waals surface area contributed by atoms with Crippen LogP contribution in [0.25, 0.3) is 81.4 Å². The summed E-state index contributed by atoms with van der Waals surface area (Å²) in [5, 5.41) is 18.6. The Kier molecular flexibility index (Phi) is 26.3. The largest absolute Gasteiger partial charge is 0.493 e. The van der Waals surface area contributed by atoms with E-state index in [0.717, 1.165) is 97.6 Å². The third kappa shape index (κ3) is 19.6. The van der Waals surface area contributed by atoms with E-state index in [1.165, 1.54) is 19.0 Å². The molecule has 6 aromatic carbocycles. The number of hydrogen-bond donors (Lipinski definition) is 3. The maximum atomic E-state index is 13.3. The first-order chi connectivity index (χ1) is 61.2. The number of hydrogen-bond acceptors (Lipinski definition) is 21. The Morgan fingerprint density at radius 3 is 1.20 bits per heavy atom. The number of halogens is 3. The number of carbonyl (C=O) groups is 3. The van der Waals surface area contributed by atoms with E-state index in [4.69, 9.17) is 115 Å². The summed E-state index contributed by atoms with van der Waals surface area (Å²) in [5.41, 5.74) is 28.0. The second-order valence-corrected chi connectivity index (χ2v) is 34.2. The maximum absolute atomic E-state index is 13.3. The van der Waals surface area contributed by atoms with Crippen LogP contribution in [0.15, 0.2) is 163 Å². The lowest BCUT2D eigenvalue weighted by atomic mass is 9.95. The van der Waals surface area contributed by atoms with E-state index < -0.39 is 0 Å². The first-order valence-electron chi connectivity index (χ1n) is 41.7. The highest BCUT2D eigenvalue weighted by Gasteiger charge is 2.37. The van der Waals surface area contributed by atoms with E-state index in [-0.39, 0.29) is 58.4 Å². The van der Waals surface area contributed by atoms with Crippen LogP contribution < -0.4 is 45.6 Å². The molecule has 650 valence electrons. The van der Waals surface area contributed by atoms with Crippen LogP contribution in [0.5, 0.6) is 51.7 Å². The number of nitrogens with two attached hydrogens (primary N) is 3. The quantitative estimate of drug-likeness (QED) is 0.0444. The summed E-state index contributed by atoms with van der Waals surface area (Å²) >= 11 is 18.9. The lowest BCUT2D eigenvalue weighted by Crippen LogP contribution is -2.41. The van der Waals surface area contributed by atoms with Crippen molar-refractivity contribution in [1.82, 2.24) is 73.9 Å². The van der Waals surface area contributed by atoms with Gasteiger partial charge < -0.3 is 60.3 Å². The number of anilines is 3. The van der Waals surface area contributed by atoms with Gasteiger partial charge in [-0.1, -0.05) is 92.0 Å². The first kappa shape index (κ1) is 88.0. The third-order valence-electron chi connectivity index (χ3n) is 22.7. The van der Waals surface area contributed by atoms with Crippen molar-refractivity contribution in [1.29, 1.82) is 0 Å². The molecule has 3 atom stereocenters. The summed E-state index contributed by atoms with van der Waals surface area (Å²) in [5.74, 6) is 5.73. The average molecular weight is 1770 g/mol. The Balaban J connectivity index is 0.000000147. The summed E-state index contributed by atoms with van der Waals surface area (Å²) < 4.78 is 40.7. The molecule has 127 heavy (non-hydrogen) atoms. The van der Waals surface area contributed by atoms with Gasteiger partial charge in [0, 0.05) is 64.5 Å². The van der Waals surface area contributed by atoms with Crippen LogP contribution in [0.4, 0.5) is 17.5 Å². The fourth-order valence-corrected chi connectivity index (χ4v) is 16.2. The molecule has 6 N–H and O–H groups in total. The lowest BCUT2D eigenvalue weighted by molar-refractivity contribution is -0.129. The van der Waals surface area contributed by atoms with Crippen molar-refractivity contribution >= 4 is 103 Å². The number of nitrogens with zero attached hydrogens (tertiary/aromatic N) is 18. The number of aryl methyl sites for hydroxylation is 3. The van der Waals surface area contributed by atoms with E-state index in [1.807, 2.05) is 148 Å². The highest BCUT2D eigenvalue weighted by atomic mass is 35.5. The fraction of sp³-hybridized carbons (Fsp3) is 0.330. The second-order valence-electron chi connectivity index (χ2n) is 33.0. The molecule has 9 heterocycles. The fourth-order valence-electron chi connectivity index (χ4n) is 15.7. The SMILES string of the molecule is [C-]#[N+]/C(=C\C(C)(C)C)C(=O)N1CCCC(n2nc(-c3ccc(Oc4ccc(C)c(Cl)c4)c(OC)c3)c3c(N)ncnc32)C1.[C-]#[N+]/C(=C\C1CC1)C(=O)N1CCCC(n2nc(-c3ccc(Oc4ccc(C)c(Cl)c4)c(OC)c3)c3c(N)ncnc32)C1.[C-]#[N+]/C(=C\C1CC1)C(=O)N1CCCC1Cn1nc(-c2ccc(Oc3ccc(C)c(Cl)c3)c(OC)c2)c2c(N)ncnc21. The number of nitrogen functional groups attached to an aromatic ring is 3. The monoisotopic (exact) mass is 1770 g/mol. The molecule has 30 nitrogen and oxygen atoms in total. The van der Waals surface area contributed by atoms with Gasteiger partial charge in [0.1, 0.15) is 70.8 Å². The number of methoxy groups -OCH3 is 3. The van der Waals surface area contributed by atoms with E-state index in [0.29, 0.717) is 186 Å². The van der Waals surface area contributed by atoms with Crippen molar-refractivity contribution in [3.05, 3.63) is 230 Å². The van der Waals surface area contributed by atoms with Crippen molar-refractivity contribution in [2.75, 3.05) is 71.3 Å². The molecule has 0 spiro atoms. The Bertz CT molecular complexity index is 6500. The second kappa shape index (κ2) is 37.9. The topological polar surface area (TPSA) is 338 Å².